The van der Waals surface area contributed by atoms with E-state index in [0.29, 0.717) is 21.4 Å². The van der Waals surface area contributed by atoms with E-state index in [1.165, 1.54) is 0 Å². The van der Waals surface area contributed by atoms with E-state index in [0.717, 1.165) is 54.3 Å². The second-order valence-electron chi connectivity index (χ2n) is 7.05. The molecule has 0 unspecified atom stereocenters. The number of para-hydroxylation sites is 1. The van der Waals surface area contributed by atoms with Crippen molar-refractivity contribution in [3.63, 3.8) is 0 Å². The molecule has 0 spiro atoms. The van der Waals surface area contributed by atoms with Gasteiger partial charge in [0, 0.05) is 16.1 Å². The molecule has 0 fully saturated rings. The van der Waals surface area contributed by atoms with Gasteiger partial charge in [-0.25, -0.2) is 4.79 Å². The number of halogens is 2. The van der Waals surface area contributed by atoms with E-state index in [9.17, 15) is 4.79 Å². The number of aromatic nitrogens is 1. The molecule has 4 nitrogen and oxygen atoms in total. The number of nitrogens with zero attached hydrogens (tertiary/aromatic N) is 1. The first kappa shape index (κ1) is 20.0. The van der Waals surface area contributed by atoms with Crippen molar-refractivity contribution >= 4 is 40.1 Å². The lowest BCUT2D eigenvalue weighted by Gasteiger charge is -2.15. The third kappa shape index (κ3) is 4.49. The largest absolute Gasteiger partial charge is 0.488 e. The third-order valence-corrected chi connectivity index (χ3v) is 5.62. The number of carbonyl (C=O) groups is 1. The molecule has 1 aromatic heterocycles. The van der Waals surface area contributed by atoms with Crippen molar-refractivity contribution < 1.29 is 14.3 Å². The third-order valence-electron chi connectivity index (χ3n) is 5.09. The average molecular weight is 430 g/mol. The Labute approximate surface area is 179 Å². The van der Waals surface area contributed by atoms with E-state index in [-0.39, 0.29) is 19.2 Å². The molecule has 0 radical (unpaired) electrons. The molecule has 4 rings (SSSR count). The second-order valence-corrected chi connectivity index (χ2v) is 7.89. The maximum Gasteiger partial charge on any atom is 0.339 e. The summed E-state index contributed by atoms with van der Waals surface area (Å²) in [6.45, 7) is 0.335. The maximum absolute atomic E-state index is 13.0. The molecule has 0 saturated heterocycles. The Morgan fingerprint density at radius 1 is 1.00 bits per heavy atom. The van der Waals surface area contributed by atoms with Crippen LogP contribution in [0.25, 0.3) is 10.9 Å². The maximum atomic E-state index is 13.0. The van der Waals surface area contributed by atoms with Gasteiger partial charge in [-0.3, -0.25) is 4.98 Å². The molecule has 0 saturated carbocycles. The van der Waals surface area contributed by atoms with Gasteiger partial charge in [0.2, 0.25) is 0 Å². The van der Waals surface area contributed by atoms with E-state index in [2.05, 4.69) is 0 Å². The number of hydrogen-bond donors (Lipinski definition) is 0. The van der Waals surface area contributed by atoms with Crippen LogP contribution >= 0.6 is 23.2 Å². The van der Waals surface area contributed by atoms with E-state index in [1.807, 2.05) is 24.3 Å². The Kier molecular flexibility index (Phi) is 6.22. The van der Waals surface area contributed by atoms with E-state index >= 15 is 0 Å². The predicted molar refractivity (Wildman–Crippen MR) is 115 cm³/mol. The standard InChI is InChI=1S/C23H21Cl2NO3/c24-15-10-11-21(18(25)14-15)28-12-13-29-23(27)22-16-6-2-1-3-8-19(16)26-20-9-5-4-7-17(20)22/h4-5,7,9-11,14H,1-3,6,8,12-13H2. The first-order chi connectivity index (χ1) is 14.1. The van der Waals surface area contributed by atoms with Gasteiger partial charge < -0.3 is 9.47 Å². The van der Waals surface area contributed by atoms with Crippen LogP contribution in [0.1, 0.15) is 40.9 Å². The lowest BCUT2D eigenvalue weighted by atomic mass is 9.97. The monoisotopic (exact) mass is 429 g/mol. The number of aryl methyl sites for hydroxylation is 1. The predicted octanol–water partition coefficient (Wildman–Crippen LogP) is 6.05. The summed E-state index contributed by atoms with van der Waals surface area (Å²) in [6.07, 6.45) is 5.07. The molecule has 0 atom stereocenters. The van der Waals surface area contributed by atoms with E-state index in [1.54, 1.807) is 18.2 Å². The average Bonchev–Trinajstić information content (AvgIpc) is 2.95. The molecule has 3 aromatic rings. The fourth-order valence-electron chi connectivity index (χ4n) is 3.73. The molecule has 0 bridgehead atoms. The minimum atomic E-state index is -0.326. The van der Waals surface area contributed by atoms with Crippen molar-refractivity contribution in [2.75, 3.05) is 13.2 Å². The van der Waals surface area contributed by atoms with Gasteiger partial charge in [-0.15, -0.1) is 0 Å². The summed E-state index contributed by atoms with van der Waals surface area (Å²) in [5.74, 6) is 0.183. The van der Waals surface area contributed by atoms with Crippen LogP contribution in [0.5, 0.6) is 5.75 Å². The highest BCUT2D eigenvalue weighted by molar-refractivity contribution is 6.35. The van der Waals surface area contributed by atoms with Crippen molar-refractivity contribution in [1.82, 2.24) is 4.98 Å². The number of rotatable bonds is 5. The van der Waals surface area contributed by atoms with Crippen LogP contribution in [0.15, 0.2) is 42.5 Å². The van der Waals surface area contributed by atoms with Crippen molar-refractivity contribution in [1.29, 1.82) is 0 Å². The summed E-state index contributed by atoms with van der Waals surface area (Å²) in [7, 11) is 0. The van der Waals surface area contributed by atoms with Crippen LogP contribution < -0.4 is 4.74 Å². The summed E-state index contributed by atoms with van der Waals surface area (Å²) in [4.78, 5) is 17.8. The minimum absolute atomic E-state index is 0.128. The number of pyridine rings is 1. The Hall–Kier alpha value is -2.30. The fraction of sp³-hybridized carbons (Fsp3) is 0.304. The van der Waals surface area contributed by atoms with Crippen molar-refractivity contribution in [2.24, 2.45) is 0 Å². The fourth-order valence-corrected chi connectivity index (χ4v) is 4.20. The molecule has 1 heterocycles. The number of esters is 1. The van der Waals surface area contributed by atoms with Crippen LogP contribution in [-0.2, 0) is 17.6 Å². The van der Waals surface area contributed by atoms with Crippen molar-refractivity contribution in [2.45, 2.75) is 32.1 Å². The van der Waals surface area contributed by atoms with E-state index in [4.69, 9.17) is 37.7 Å². The van der Waals surface area contributed by atoms with Gasteiger partial charge in [0.15, 0.2) is 0 Å². The number of carbonyl (C=O) groups excluding carboxylic acids is 1. The molecule has 1 aliphatic carbocycles. The summed E-state index contributed by atoms with van der Waals surface area (Å²) in [5, 5.41) is 1.81. The van der Waals surface area contributed by atoms with Crippen LogP contribution in [-0.4, -0.2) is 24.2 Å². The molecule has 2 aromatic carbocycles. The second kappa shape index (κ2) is 9.02. The van der Waals surface area contributed by atoms with Gasteiger partial charge >= 0.3 is 5.97 Å². The van der Waals surface area contributed by atoms with Crippen molar-refractivity contribution in [3.05, 3.63) is 69.3 Å². The zero-order valence-electron chi connectivity index (χ0n) is 15.9. The number of fused-ring (bicyclic) bond motifs is 2. The normalized spacial score (nSPS) is 13.6. The molecule has 0 amide bonds. The lowest BCUT2D eigenvalue weighted by molar-refractivity contribution is 0.0451. The SMILES string of the molecule is O=C(OCCOc1ccc(Cl)cc1Cl)c1c2c(nc3ccccc13)CCCCC2. The summed E-state index contributed by atoms with van der Waals surface area (Å²) in [5.41, 5.74) is 3.55. The molecule has 1 aliphatic rings. The molecule has 150 valence electrons. The topological polar surface area (TPSA) is 48.4 Å². The van der Waals surface area contributed by atoms with Crippen LogP contribution in [0.3, 0.4) is 0 Å². The molecular formula is C23H21Cl2NO3. The number of benzene rings is 2. The Morgan fingerprint density at radius 3 is 2.69 bits per heavy atom. The first-order valence-corrected chi connectivity index (χ1v) is 10.5. The van der Waals surface area contributed by atoms with E-state index < -0.39 is 0 Å². The van der Waals surface area contributed by atoms with Gasteiger partial charge in [-0.1, -0.05) is 47.8 Å². The Morgan fingerprint density at radius 2 is 1.83 bits per heavy atom. The van der Waals surface area contributed by atoms with Crippen LogP contribution in [0.2, 0.25) is 10.0 Å². The Balaban J connectivity index is 1.51. The zero-order valence-corrected chi connectivity index (χ0v) is 17.4. The minimum Gasteiger partial charge on any atom is -0.488 e. The lowest BCUT2D eigenvalue weighted by Crippen LogP contribution is -2.16. The summed E-state index contributed by atoms with van der Waals surface area (Å²) in [6, 6.07) is 12.8. The van der Waals surface area contributed by atoms with Gasteiger partial charge in [-0.05, 0) is 55.5 Å². The van der Waals surface area contributed by atoms with Crippen LogP contribution in [0.4, 0.5) is 0 Å². The Bertz CT molecular complexity index is 1050. The van der Waals surface area contributed by atoms with Crippen LogP contribution in [0, 0.1) is 0 Å². The van der Waals surface area contributed by atoms with Gasteiger partial charge in [0.05, 0.1) is 16.1 Å². The van der Waals surface area contributed by atoms with Gasteiger partial charge in [0.1, 0.15) is 19.0 Å². The smallest absolute Gasteiger partial charge is 0.339 e. The van der Waals surface area contributed by atoms with Gasteiger partial charge in [-0.2, -0.15) is 0 Å². The highest BCUT2D eigenvalue weighted by atomic mass is 35.5. The van der Waals surface area contributed by atoms with Crippen molar-refractivity contribution in [3.8, 4) is 5.75 Å². The summed E-state index contributed by atoms with van der Waals surface area (Å²) >= 11 is 12.0. The highest BCUT2D eigenvalue weighted by Crippen LogP contribution is 2.30. The molecule has 6 heteroatoms. The quantitative estimate of drug-likeness (QED) is 0.281. The number of hydrogen-bond acceptors (Lipinski definition) is 4. The molecular weight excluding hydrogens is 409 g/mol. The first-order valence-electron chi connectivity index (χ1n) is 9.79. The zero-order chi connectivity index (χ0) is 20.2. The summed E-state index contributed by atoms with van der Waals surface area (Å²) < 4.78 is 11.2. The molecule has 0 aliphatic heterocycles. The molecule has 29 heavy (non-hydrogen) atoms. The number of ether oxygens (including phenoxy) is 2. The highest BCUT2D eigenvalue weighted by Gasteiger charge is 2.22. The van der Waals surface area contributed by atoms with Gasteiger partial charge in [0.25, 0.3) is 0 Å². The molecule has 0 N–H and O–H groups in total.